The second-order valence-corrected chi connectivity index (χ2v) is 9.54. The van der Waals surface area contributed by atoms with Gasteiger partial charge in [-0.05, 0) is 56.0 Å². The Kier molecular flexibility index (Phi) is 7.14. The minimum absolute atomic E-state index is 0.0134. The first-order valence-corrected chi connectivity index (χ1v) is 12.3. The normalized spacial score (nSPS) is 21.7. The van der Waals surface area contributed by atoms with Gasteiger partial charge in [-0.1, -0.05) is 6.07 Å². The van der Waals surface area contributed by atoms with Crippen LogP contribution in [0.25, 0.3) is 0 Å². The molecule has 198 valence electrons. The number of halogens is 3. The molecule has 1 saturated carbocycles. The van der Waals surface area contributed by atoms with Crippen LogP contribution in [0, 0.1) is 0 Å². The molecule has 11 heteroatoms. The highest BCUT2D eigenvalue weighted by atomic mass is 19.4. The molecule has 0 spiro atoms. The van der Waals surface area contributed by atoms with E-state index >= 15 is 0 Å². The number of nitrogens with zero attached hydrogens (tertiary/aromatic N) is 1. The van der Waals surface area contributed by atoms with E-state index in [0.29, 0.717) is 11.8 Å². The molecule has 8 nitrogen and oxygen atoms in total. The molecular formula is C26H28F3N3O5. The monoisotopic (exact) mass is 519 g/mol. The largest absolute Gasteiger partial charge is 0.490 e. The average Bonchev–Trinajstić information content (AvgIpc) is 3.33. The number of carbonyl (C=O) groups is 2. The van der Waals surface area contributed by atoms with Crippen molar-refractivity contribution >= 4 is 11.8 Å². The first-order valence-electron chi connectivity index (χ1n) is 12.3. The van der Waals surface area contributed by atoms with Crippen LogP contribution in [0.1, 0.15) is 41.6 Å². The predicted molar refractivity (Wildman–Crippen MR) is 127 cm³/mol. The van der Waals surface area contributed by atoms with Crippen molar-refractivity contribution < 1.29 is 37.0 Å². The molecule has 5 rings (SSSR count). The lowest BCUT2D eigenvalue weighted by Gasteiger charge is -2.46. The summed E-state index contributed by atoms with van der Waals surface area (Å²) in [6, 6.07) is 10.1. The molecule has 2 fully saturated rings. The van der Waals surface area contributed by atoms with Gasteiger partial charge in [0.25, 0.3) is 5.91 Å². The van der Waals surface area contributed by atoms with Crippen LogP contribution >= 0.6 is 0 Å². The molecule has 1 saturated heterocycles. The van der Waals surface area contributed by atoms with Gasteiger partial charge in [0.15, 0.2) is 11.5 Å². The van der Waals surface area contributed by atoms with Crippen molar-refractivity contribution in [3.8, 4) is 17.2 Å². The zero-order valence-electron chi connectivity index (χ0n) is 20.1. The molecule has 0 bridgehead atoms. The van der Waals surface area contributed by atoms with E-state index in [1.807, 2.05) is 18.2 Å². The third-order valence-electron chi connectivity index (χ3n) is 6.94. The summed E-state index contributed by atoms with van der Waals surface area (Å²) in [5.41, 5.74) is -1.05. The fraction of sp³-hybridized carbons (Fsp3) is 0.462. The van der Waals surface area contributed by atoms with E-state index in [0.717, 1.165) is 68.5 Å². The number of nitrogens with one attached hydrogen (secondary N) is 2. The van der Waals surface area contributed by atoms with Crippen molar-refractivity contribution in [1.29, 1.82) is 0 Å². The summed E-state index contributed by atoms with van der Waals surface area (Å²) in [5.74, 6) is 1.12. The van der Waals surface area contributed by atoms with Crippen molar-refractivity contribution in [1.82, 2.24) is 15.5 Å². The van der Waals surface area contributed by atoms with Crippen LogP contribution in [0.5, 0.6) is 17.2 Å². The highest BCUT2D eigenvalue weighted by Crippen LogP contribution is 2.37. The van der Waals surface area contributed by atoms with E-state index in [9.17, 15) is 22.8 Å². The van der Waals surface area contributed by atoms with E-state index in [1.165, 1.54) is 6.07 Å². The number of carbonyl (C=O) groups excluding carboxylic acids is 2. The first kappa shape index (κ1) is 25.2. The standard InChI is InChI=1S/C26H28F3N3O5/c27-26(28,29)17-3-1-2-16(10-17)25(34)30-12-24(33)31-18-13-32(14-18)19-4-6-20(7-5-19)37-21-8-9-22-23(11-21)36-15-35-22/h1-3,8-11,18-20H,4-7,12-15H2,(H,30,34)(H,31,33)/t19-,20+. The Labute approximate surface area is 212 Å². The number of ether oxygens (including phenoxy) is 3. The second-order valence-electron chi connectivity index (χ2n) is 9.54. The molecule has 0 atom stereocenters. The summed E-state index contributed by atoms with van der Waals surface area (Å²) < 4.78 is 55.4. The predicted octanol–water partition coefficient (Wildman–Crippen LogP) is 3.35. The second kappa shape index (κ2) is 10.5. The summed E-state index contributed by atoms with van der Waals surface area (Å²) in [5, 5.41) is 5.25. The van der Waals surface area contributed by atoms with Crippen LogP contribution in [0.2, 0.25) is 0 Å². The Balaban J connectivity index is 0.991. The smallest absolute Gasteiger partial charge is 0.416 e. The Morgan fingerprint density at radius 1 is 1.00 bits per heavy atom. The quantitative estimate of drug-likeness (QED) is 0.584. The minimum Gasteiger partial charge on any atom is -0.490 e. The average molecular weight is 520 g/mol. The zero-order chi connectivity index (χ0) is 26.0. The van der Waals surface area contributed by atoms with Crippen LogP contribution in [0.15, 0.2) is 42.5 Å². The van der Waals surface area contributed by atoms with Crippen LogP contribution in [0.3, 0.4) is 0 Å². The number of hydrogen-bond acceptors (Lipinski definition) is 6. The summed E-state index contributed by atoms with van der Waals surface area (Å²) in [6.07, 6.45) is -0.508. The van der Waals surface area contributed by atoms with Gasteiger partial charge in [-0.25, -0.2) is 0 Å². The maximum absolute atomic E-state index is 12.8. The zero-order valence-corrected chi connectivity index (χ0v) is 20.1. The fourth-order valence-electron chi connectivity index (χ4n) is 4.95. The summed E-state index contributed by atoms with van der Waals surface area (Å²) in [7, 11) is 0. The lowest BCUT2D eigenvalue weighted by molar-refractivity contribution is -0.137. The van der Waals surface area contributed by atoms with Gasteiger partial charge in [0.2, 0.25) is 12.7 Å². The molecule has 2 aliphatic heterocycles. The van der Waals surface area contributed by atoms with E-state index in [-0.39, 0.29) is 37.0 Å². The lowest BCUT2D eigenvalue weighted by atomic mass is 9.89. The summed E-state index contributed by atoms with van der Waals surface area (Å²) >= 11 is 0. The number of alkyl halides is 3. The maximum Gasteiger partial charge on any atom is 0.416 e. The third kappa shape index (κ3) is 6.10. The van der Waals surface area contributed by atoms with Crippen LogP contribution in [0.4, 0.5) is 13.2 Å². The Morgan fingerprint density at radius 2 is 1.76 bits per heavy atom. The van der Waals surface area contributed by atoms with Gasteiger partial charge in [-0.15, -0.1) is 0 Å². The molecule has 1 aliphatic carbocycles. The number of benzene rings is 2. The third-order valence-corrected chi connectivity index (χ3v) is 6.94. The lowest BCUT2D eigenvalue weighted by Crippen LogP contribution is -2.63. The molecule has 2 aromatic rings. The molecule has 37 heavy (non-hydrogen) atoms. The van der Waals surface area contributed by atoms with Gasteiger partial charge in [0, 0.05) is 30.8 Å². The molecule has 0 unspecified atom stereocenters. The van der Waals surface area contributed by atoms with Crippen molar-refractivity contribution in [3.63, 3.8) is 0 Å². The Morgan fingerprint density at radius 3 is 2.51 bits per heavy atom. The van der Waals surface area contributed by atoms with Gasteiger partial charge in [0.05, 0.1) is 24.3 Å². The number of likely N-dealkylation sites (tertiary alicyclic amines) is 1. The first-order chi connectivity index (χ1) is 17.7. The molecule has 0 radical (unpaired) electrons. The molecule has 2 N–H and O–H groups in total. The summed E-state index contributed by atoms with van der Waals surface area (Å²) in [4.78, 5) is 26.7. The highest BCUT2D eigenvalue weighted by molar-refractivity contribution is 5.96. The topological polar surface area (TPSA) is 89.1 Å². The fourth-order valence-corrected chi connectivity index (χ4v) is 4.95. The molecular weight excluding hydrogens is 491 g/mol. The molecule has 3 aliphatic rings. The molecule has 0 aromatic heterocycles. The van der Waals surface area contributed by atoms with E-state index in [1.54, 1.807) is 0 Å². The van der Waals surface area contributed by atoms with Crippen molar-refractivity contribution in [2.75, 3.05) is 26.4 Å². The van der Waals surface area contributed by atoms with E-state index in [4.69, 9.17) is 14.2 Å². The number of fused-ring (bicyclic) bond motifs is 1. The Hall–Kier alpha value is -3.47. The Bertz CT molecular complexity index is 1140. The van der Waals surface area contributed by atoms with E-state index in [2.05, 4.69) is 15.5 Å². The van der Waals surface area contributed by atoms with Gasteiger partial charge in [-0.3, -0.25) is 14.5 Å². The summed E-state index contributed by atoms with van der Waals surface area (Å²) in [6.45, 7) is 1.39. The number of rotatable bonds is 7. The van der Waals surface area contributed by atoms with Crippen LogP contribution in [-0.4, -0.2) is 61.3 Å². The van der Waals surface area contributed by atoms with Gasteiger partial charge < -0.3 is 24.8 Å². The number of amides is 2. The minimum atomic E-state index is -4.54. The van der Waals surface area contributed by atoms with Gasteiger partial charge >= 0.3 is 6.18 Å². The maximum atomic E-state index is 12.8. The van der Waals surface area contributed by atoms with Crippen molar-refractivity contribution in [2.45, 2.75) is 50.0 Å². The molecule has 2 heterocycles. The van der Waals surface area contributed by atoms with Gasteiger partial charge in [-0.2, -0.15) is 13.2 Å². The van der Waals surface area contributed by atoms with Crippen LogP contribution in [-0.2, 0) is 11.0 Å². The molecule has 2 aromatic carbocycles. The number of hydrogen-bond donors (Lipinski definition) is 2. The van der Waals surface area contributed by atoms with Crippen molar-refractivity contribution in [2.24, 2.45) is 0 Å². The SMILES string of the molecule is O=C(CNC(=O)c1cccc(C(F)(F)F)c1)NC1CN([C@H]2CC[C@@H](Oc3ccc4c(c3)OCO4)CC2)C1. The van der Waals surface area contributed by atoms with E-state index < -0.39 is 17.6 Å². The highest BCUT2D eigenvalue weighted by Gasteiger charge is 2.36. The van der Waals surface area contributed by atoms with Gasteiger partial charge in [0.1, 0.15) is 5.75 Å². The van der Waals surface area contributed by atoms with Crippen molar-refractivity contribution in [3.05, 3.63) is 53.6 Å². The van der Waals surface area contributed by atoms with Crippen LogP contribution < -0.4 is 24.8 Å². The molecule has 2 amide bonds.